The van der Waals surface area contributed by atoms with Gasteiger partial charge in [0.15, 0.2) is 0 Å². The van der Waals surface area contributed by atoms with Crippen molar-refractivity contribution < 1.29 is 13.2 Å². The van der Waals surface area contributed by atoms with Crippen molar-refractivity contribution in [1.82, 2.24) is 8.87 Å². The van der Waals surface area contributed by atoms with E-state index in [1.54, 1.807) is 45.4 Å². The van der Waals surface area contributed by atoms with Gasteiger partial charge in [0.2, 0.25) is 15.9 Å². The van der Waals surface area contributed by atoms with Crippen molar-refractivity contribution in [2.45, 2.75) is 24.5 Å². The Morgan fingerprint density at radius 1 is 1.31 bits per heavy atom. The van der Waals surface area contributed by atoms with Crippen LogP contribution in [0.2, 0.25) is 0 Å². The predicted molar refractivity (Wildman–Crippen MR) is 108 cm³/mol. The summed E-state index contributed by atoms with van der Waals surface area (Å²) in [5.74, 6) is -0.0721. The molecule has 1 unspecified atom stereocenters. The lowest BCUT2D eigenvalue weighted by Crippen LogP contribution is -2.38. The van der Waals surface area contributed by atoms with Crippen molar-refractivity contribution in [3.05, 3.63) is 58.7 Å². The van der Waals surface area contributed by atoms with Crippen LogP contribution in [0.15, 0.2) is 53.2 Å². The number of benzene rings is 1. The van der Waals surface area contributed by atoms with Gasteiger partial charge in [0.1, 0.15) is 4.75 Å². The van der Waals surface area contributed by atoms with Crippen LogP contribution in [0.25, 0.3) is 10.9 Å². The van der Waals surface area contributed by atoms with Gasteiger partial charge < -0.3 is 4.90 Å². The third kappa shape index (κ3) is 3.14. The molecule has 3 rings (SSSR count). The second-order valence-corrected chi connectivity index (χ2v) is 10.2. The zero-order valence-corrected chi connectivity index (χ0v) is 17.3. The lowest BCUT2D eigenvalue weighted by atomic mass is 10.0. The molecule has 26 heavy (non-hydrogen) atoms. The van der Waals surface area contributed by atoms with Crippen LogP contribution in [0, 0.1) is 0 Å². The molecule has 1 amide bonds. The lowest BCUT2D eigenvalue weighted by molar-refractivity contribution is -0.127. The summed E-state index contributed by atoms with van der Waals surface area (Å²) in [6.45, 7) is 1.71. The number of aromatic nitrogens is 1. The number of amides is 1. The fourth-order valence-electron chi connectivity index (χ4n) is 3.11. The number of likely N-dealkylation sites (N-methyl/N-ethyl adjacent to an activating group) is 1. The Balaban J connectivity index is 2.15. The normalized spacial score (nSPS) is 20.2. The molecule has 1 aliphatic carbocycles. The second-order valence-electron chi connectivity index (χ2n) is 6.90. The minimum atomic E-state index is -3.72. The number of para-hydroxylation sites is 1. The highest BCUT2D eigenvalue weighted by atomic mass is 79.9. The summed E-state index contributed by atoms with van der Waals surface area (Å²) in [5.41, 5.74) is 1.27. The molecular formula is C19H21BrN2O3S. The van der Waals surface area contributed by atoms with E-state index in [1.165, 1.54) is 8.87 Å². The first-order valence-corrected chi connectivity index (χ1v) is 10.5. The van der Waals surface area contributed by atoms with Gasteiger partial charge in [-0.15, -0.1) is 0 Å². The maximum atomic E-state index is 13.5. The molecule has 1 atom stereocenters. The molecule has 0 bridgehead atoms. The molecule has 0 spiro atoms. The molecule has 0 fully saturated rings. The van der Waals surface area contributed by atoms with Gasteiger partial charge in [-0.05, 0) is 23.0 Å². The smallest absolute Gasteiger partial charge is 0.248 e. The topological polar surface area (TPSA) is 59.4 Å². The van der Waals surface area contributed by atoms with Crippen molar-refractivity contribution in [3.8, 4) is 0 Å². The maximum Gasteiger partial charge on any atom is 0.248 e. The third-order valence-electron chi connectivity index (χ3n) is 4.70. The molecule has 138 valence electrons. The van der Waals surface area contributed by atoms with Crippen LogP contribution in [0.3, 0.4) is 0 Å². The van der Waals surface area contributed by atoms with Crippen molar-refractivity contribution in [2.75, 3.05) is 14.1 Å². The molecule has 1 heterocycles. The second kappa shape index (κ2) is 6.70. The lowest BCUT2D eigenvalue weighted by Gasteiger charge is -2.29. The predicted octanol–water partition coefficient (Wildman–Crippen LogP) is 3.45. The molecule has 1 aromatic carbocycles. The first-order valence-electron chi connectivity index (χ1n) is 8.24. The molecule has 0 saturated heterocycles. The van der Waals surface area contributed by atoms with E-state index in [1.807, 2.05) is 24.3 Å². The minimum absolute atomic E-state index is 0.0721. The Morgan fingerprint density at radius 3 is 2.69 bits per heavy atom. The summed E-state index contributed by atoms with van der Waals surface area (Å²) < 4.78 is 28.0. The van der Waals surface area contributed by atoms with E-state index in [0.717, 1.165) is 9.87 Å². The quantitative estimate of drug-likeness (QED) is 0.737. The highest BCUT2D eigenvalue weighted by Gasteiger charge is 2.40. The number of rotatable bonds is 4. The molecule has 7 heteroatoms. The fourth-order valence-corrected chi connectivity index (χ4v) is 5.75. The summed E-state index contributed by atoms with van der Waals surface area (Å²) >= 11 is 3.42. The highest BCUT2D eigenvalue weighted by Crippen LogP contribution is 2.36. The molecular weight excluding hydrogens is 416 g/mol. The highest BCUT2D eigenvalue weighted by molar-refractivity contribution is 9.11. The first kappa shape index (κ1) is 18.9. The number of nitrogens with zero attached hydrogens (tertiary/aromatic N) is 2. The molecule has 0 aliphatic heterocycles. The van der Waals surface area contributed by atoms with Crippen LogP contribution in [-0.2, 0) is 21.2 Å². The van der Waals surface area contributed by atoms with Crippen molar-refractivity contribution in [1.29, 1.82) is 0 Å². The van der Waals surface area contributed by atoms with E-state index >= 15 is 0 Å². The Labute approximate surface area is 162 Å². The van der Waals surface area contributed by atoms with E-state index < -0.39 is 14.8 Å². The number of carbonyl (C=O) groups is 1. The number of fused-ring (bicyclic) bond motifs is 1. The average Bonchev–Trinajstić information content (AvgIpc) is 3.00. The van der Waals surface area contributed by atoms with Crippen LogP contribution < -0.4 is 0 Å². The Kier molecular flexibility index (Phi) is 4.88. The fraction of sp³-hybridized carbons (Fsp3) is 0.316. The van der Waals surface area contributed by atoms with Gasteiger partial charge in [-0.1, -0.05) is 52.4 Å². The SMILES string of the molecule is CN(C)C(=O)Cc1cccc2ccn(S(=O)(=O)C3(C)C=CC=C(Br)C3)c12. The van der Waals surface area contributed by atoms with Crippen LogP contribution in [0.1, 0.15) is 18.9 Å². The van der Waals surface area contributed by atoms with Crippen LogP contribution in [-0.4, -0.2) is 42.0 Å². The third-order valence-corrected chi connectivity index (χ3v) is 7.52. The van der Waals surface area contributed by atoms with Gasteiger partial charge >= 0.3 is 0 Å². The van der Waals surface area contributed by atoms with Gasteiger partial charge in [-0.25, -0.2) is 12.4 Å². The van der Waals surface area contributed by atoms with Gasteiger partial charge in [0, 0.05) is 32.1 Å². The Bertz CT molecular complexity index is 1030. The van der Waals surface area contributed by atoms with E-state index in [2.05, 4.69) is 15.9 Å². The summed E-state index contributed by atoms with van der Waals surface area (Å²) in [6, 6.07) is 7.29. The summed E-state index contributed by atoms with van der Waals surface area (Å²) in [5, 5.41) is 0.802. The molecule has 1 aliphatic rings. The Hall–Kier alpha value is -1.86. The van der Waals surface area contributed by atoms with Gasteiger partial charge in [-0.2, -0.15) is 0 Å². The van der Waals surface area contributed by atoms with Crippen LogP contribution >= 0.6 is 15.9 Å². The zero-order chi connectivity index (χ0) is 19.1. The van der Waals surface area contributed by atoms with Gasteiger partial charge in [0.05, 0.1) is 11.9 Å². The summed E-state index contributed by atoms with van der Waals surface area (Å²) in [6.07, 6.45) is 7.42. The van der Waals surface area contributed by atoms with Crippen molar-refractivity contribution in [3.63, 3.8) is 0 Å². The monoisotopic (exact) mass is 436 g/mol. The largest absolute Gasteiger partial charge is 0.349 e. The molecule has 1 aromatic heterocycles. The Morgan fingerprint density at radius 2 is 2.04 bits per heavy atom. The molecule has 2 aromatic rings. The molecule has 0 saturated carbocycles. The number of hydrogen-bond donors (Lipinski definition) is 0. The molecule has 5 nitrogen and oxygen atoms in total. The summed E-state index contributed by atoms with van der Waals surface area (Å²) in [7, 11) is -0.341. The van der Waals surface area contributed by atoms with E-state index in [-0.39, 0.29) is 12.3 Å². The summed E-state index contributed by atoms with van der Waals surface area (Å²) in [4.78, 5) is 13.7. The van der Waals surface area contributed by atoms with E-state index in [9.17, 15) is 13.2 Å². The number of halogens is 1. The van der Waals surface area contributed by atoms with Crippen LogP contribution in [0.5, 0.6) is 0 Å². The first-order chi connectivity index (χ1) is 12.2. The zero-order valence-electron chi connectivity index (χ0n) is 14.9. The van der Waals surface area contributed by atoms with Crippen molar-refractivity contribution >= 4 is 42.8 Å². The molecule has 0 N–H and O–H groups in total. The van der Waals surface area contributed by atoms with Gasteiger partial charge in [0.25, 0.3) is 0 Å². The standard InChI is InChI=1S/C19H21BrN2O3S/c1-19(10-5-8-16(20)13-19)26(24,25)22-11-9-14-6-4-7-15(18(14)22)12-17(23)21(2)3/h4-11H,12-13H2,1-3H3. The maximum absolute atomic E-state index is 13.5. The van der Waals surface area contributed by atoms with E-state index in [0.29, 0.717) is 17.5 Å². The van der Waals surface area contributed by atoms with Crippen molar-refractivity contribution in [2.24, 2.45) is 0 Å². The van der Waals surface area contributed by atoms with Crippen LogP contribution in [0.4, 0.5) is 0 Å². The number of hydrogen-bond acceptors (Lipinski definition) is 3. The average molecular weight is 437 g/mol. The molecule has 0 radical (unpaired) electrons. The van der Waals surface area contributed by atoms with E-state index in [4.69, 9.17) is 0 Å². The number of allylic oxidation sites excluding steroid dienone is 3. The minimum Gasteiger partial charge on any atom is -0.349 e. The van der Waals surface area contributed by atoms with Gasteiger partial charge in [-0.3, -0.25) is 4.79 Å². The number of carbonyl (C=O) groups excluding carboxylic acids is 1.